The van der Waals surface area contributed by atoms with Crippen LogP contribution in [0, 0.1) is 5.92 Å². The van der Waals surface area contributed by atoms with E-state index in [1.165, 1.54) is 0 Å². The summed E-state index contributed by atoms with van der Waals surface area (Å²) in [5.74, 6) is 0.421. The van der Waals surface area contributed by atoms with Crippen molar-refractivity contribution in [1.82, 2.24) is 0 Å². The first-order valence-corrected chi connectivity index (χ1v) is 2.73. The molecular formula is C5H9KOS. The maximum Gasteiger partial charge on any atom is 1.00 e. The van der Waals surface area contributed by atoms with Gasteiger partial charge >= 0.3 is 51.4 Å². The van der Waals surface area contributed by atoms with Crippen molar-refractivity contribution in [3.05, 3.63) is 0 Å². The second kappa shape index (κ2) is 6.64. The molecule has 0 unspecified atom stereocenters. The van der Waals surface area contributed by atoms with Crippen LogP contribution in [0.1, 0.15) is 20.3 Å². The molecule has 0 aromatic carbocycles. The van der Waals surface area contributed by atoms with Crippen molar-refractivity contribution in [3.63, 3.8) is 0 Å². The van der Waals surface area contributed by atoms with Crippen LogP contribution in [-0.4, -0.2) is 5.12 Å². The predicted molar refractivity (Wildman–Crippen MR) is 31.8 cm³/mol. The zero-order chi connectivity index (χ0) is 5.86. The fourth-order valence-corrected chi connectivity index (χ4v) is 0.667. The Balaban J connectivity index is 0. The first-order chi connectivity index (χ1) is 3.13. The van der Waals surface area contributed by atoms with E-state index in [-0.39, 0.29) is 56.5 Å². The molecule has 0 radical (unpaired) electrons. The summed E-state index contributed by atoms with van der Waals surface area (Å²) in [5.41, 5.74) is 0. The number of hydrogen-bond donors (Lipinski definition) is 0. The number of hydrogen-bond acceptors (Lipinski definition) is 2. The molecule has 8 heavy (non-hydrogen) atoms. The van der Waals surface area contributed by atoms with E-state index in [1.807, 2.05) is 13.8 Å². The average Bonchev–Trinajstić information content (AvgIpc) is 1.27. The topological polar surface area (TPSA) is 17.1 Å². The normalized spacial score (nSPS) is 8.38. The second-order valence-corrected chi connectivity index (χ2v) is 2.43. The Labute approximate surface area is 98.4 Å². The van der Waals surface area contributed by atoms with E-state index in [1.54, 1.807) is 0 Å². The van der Waals surface area contributed by atoms with Gasteiger partial charge in [-0.1, -0.05) is 13.8 Å². The predicted octanol–water partition coefficient (Wildman–Crippen LogP) is -1.89. The first-order valence-electron chi connectivity index (χ1n) is 2.32. The third-order valence-corrected chi connectivity index (χ3v) is 0.742. The van der Waals surface area contributed by atoms with Crippen molar-refractivity contribution in [1.29, 1.82) is 0 Å². The Hall–Kier alpha value is 1.53. The third-order valence-electron chi connectivity index (χ3n) is 0.575. The van der Waals surface area contributed by atoms with Gasteiger partial charge in [-0.2, -0.15) is 0 Å². The van der Waals surface area contributed by atoms with E-state index < -0.39 is 0 Å². The molecule has 0 atom stereocenters. The van der Waals surface area contributed by atoms with Crippen molar-refractivity contribution >= 4 is 17.7 Å². The van der Waals surface area contributed by atoms with Gasteiger partial charge in [0.15, 0.2) is 0 Å². The summed E-state index contributed by atoms with van der Waals surface area (Å²) in [6.45, 7) is 3.95. The molecule has 0 fully saturated rings. The molecule has 0 saturated carbocycles. The molecule has 0 spiro atoms. The maximum atomic E-state index is 10.1. The molecule has 3 heteroatoms. The van der Waals surface area contributed by atoms with Crippen LogP contribution in [0.15, 0.2) is 0 Å². The van der Waals surface area contributed by atoms with Crippen LogP contribution in [0.3, 0.4) is 0 Å². The summed E-state index contributed by atoms with van der Waals surface area (Å²) in [5, 5.41) is -0.130. The monoisotopic (exact) mass is 156 g/mol. The van der Waals surface area contributed by atoms with Crippen LogP contribution in [0.2, 0.25) is 0 Å². The van der Waals surface area contributed by atoms with Gasteiger partial charge in [-0.3, -0.25) is 0 Å². The van der Waals surface area contributed by atoms with Crippen LogP contribution in [-0.2, 0) is 17.4 Å². The van der Waals surface area contributed by atoms with Crippen LogP contribution in [0.4, 0.5) is 0 Å². The molecule has 0 aliphatic heterocycles. The van der Waals surface area contributed by atoms with Crippen LogP contribution >= 0.6 is 0 Å². The average molecular weight is 156 g/mol. The van der Waals surface area contributed by atoms with E-state index in [2.05, 4.69) is 12.6 Å². The van der Waals surface area contributed by atoms with Crippen LogP contribution in [0.5, 0.6) is 0 Å². The molecule has 0 aromatic heterocycles. The van der Waals surface area contributed by atoms with Gasteiger partial charge in [-0.05, 0) is 12.3 Å². The van der Waals surface area contributed by atoms with E-state index in [0.717, 1.165) is 0 Å². The Kier molecular flexibility index (Phi) is 10.2. The Bertz CT molecular complexity index is 72.8. The molecule has 0 amide bonds. The van der Waals surface area contributed by atoms with Gasteiger partial charge in [0, 0.05) is 5.12 Å². The summed E-state index contributed by atoms with van der Waals surface area (Å²) in [7, 11) is 0. The number of carbonyl (C=O) groups is 1. The summed E-state index contributed by atoms with van der Waals surface area (Å²) in [4.78, 5) is 10.1. The van der Waals surface area contributed by atoms with Crippen LogP contribution < -0.4 is 51.4 Å². The van der Waals surface area contributed by atoms with E-state index >= 15 is 0 Å². The molecule has 1 nitrogen and oxygen atoms in total. The van der Waals surface area contributed by atoms with Gasteiger partial charge in [0.2, 0.25) is 0 Å². The minimum absolute atomic E-state index is 0. The third kappa shape index (κ3) is 10.5. The smallest absolute Gasteiger partial charge is 0.742 e. The van der Waals surface area contributed by atoms with Crippen molar-refractivity contribution < 1.29 is 56.2 Å². The summed E-state index contributed by atoms with van der Waals surface area (Å²) in [6.07, 6.45) is 0.537. The first kappa shape index (κ1) is 12.2. The van der Waals surface area contributed by atoms with Gasteiger partial charge < -0.3 is 17.4 Å². The second-order valence-electron chi connectivity index (χ2n) is 1.97. The molecular weight excluding hydrogens is 147 g/mol. The van der Waals surface area contributed by atoms with Gasteiger partial charge in [0.1, 0.15) is 0 Å². The fourth-order valence-electron chi connectivity index (χ4n) is 0.333. The summed E-state index contributed by atoms with van der Waals surface area (Å²) >= 11 is 4.32. The molecule has 0 aromatic rings. The standard InChI is InChI=1S/C5H10OS.K/c1-4(2)3-5(6)7;/h4H,3H2,1-2H3,(H,6,7);/q;+1/p-1. The van der Waals surface area contributed by atoms with E-state index in [4.69, 9.17) is 0 Å². The molecule has 0 saturated heterocycles. The fraction of sp³-hybridized carbons (Fsp3) is 0.800. The van der Waals surface area contributed by atoms with Crippen molar-refractivity contribution in [2.45, 2.75) is 20.3 Å². The Morgan fingerprint density at radius 2 is 2.00 bits per heavy atom. The molecule has 0 rings (SSSR count). The summed E-state index contributed by atoms with van der Waals surface area (Å²) < 4.78 is 0. The SMILES string of the molecule is CC(C)CC(=O)[S-].[K+]. The van der Waals surface area contributed by atoms with E-state index in [0.29, 0.717) is 12.3 Å². The van der Waals surface area contributed by atoms with Gasteiger partial charge in [0.25, 0.3) is 0 Å². The minimum atomic E-state index is -0.130. The van der Waals surface area contributed by atoms with Gasteiger partial charge in [-0.15, -0.1) is 0 Å². The Morgan fingerprint density at radius 3 is 2.00 bits per heavy atom. The van der Waals surface area contributed by atoms with Crippen molar-refractivity contribution in [2.75, 3.05) is 0 Å². The molecule has 0 aliphatic rings. The summed E-state index contributed by atoms with van der Waals surface area (Å²) in [6, 6.07) is 0. The number of carbonyl (C=O) groups excluding carboxylic acids is 1. The quantitative estimate of drug-likeness (QED) is 0.343. The molecule has 0 heterocycles. The van der Waals surface area contributed by atoms with Crippen LogP contribution in [0.25, 0.3) is 0 Å². The maximum absolute atomic E-state index is 10.1. The van der Waals surface area contributed by atoms with E-state index in [9.17, 15) is 4.79 Å². The zero-order valence-electron chi connectivity index (χ0n) is 5.60. The van der Waals surface area contributed by atoms with Gasteiger partial charge in [-0.25, -0.2) is 0 Å². The largest absolute Gasteiger partial charge is 1.00 e. The van der Waals surface area contributed by atoms with Gasteiger partial charge in [0.05, 0.1) is 0 Å². The minimum Gasteiger partial charge on any atom is -0.742 e. The molecule has 0 aliphatic carbocycles. The number of rotatable bonds is 2. The Morgan fingerprint density at radius 1 is 1.62 bits per heavy atom. The zero-order valence-corrected chi connectivity index (χ0v) is 9.54. The molecule has 0 N–H and O–H groups in total. The van der Waals surface area contributed by atoms with Crippen molar-refractivity contribution in [3.8, 4) is 0 Å². The van der Waals surface area contributed by atoms with Crippen molar-refractivity contribution in [2.24, 2.45) is 5.92 Å². The molecule has 42 valence electrons. The molecule has 0 bridgehead atoms.